The van der Waals surface area contributed by atoms with Crippen molar-refractivity contribution < 1.29 is 18.3 Å². The number of aromatic carboxylic acids is 1. The molecule has 0 fully saturated rings. The topological polar surface area (TPSA) is 71.4 Å². The molecular formula is C10H14O4S3. The molecule has 0 saturated heterocycles. The maximum Gasteiger partial charge on any atom is 0.345 e. The van der Waals surface area contributed by atoms with E-state index in [0.717, 1.165) is 16.2 Å². The molecule has 0 amide bonds. The molecule has 4 nitrogen and oxygen atoms in total. The zero-order valence-electron chi connectivity index (χ0n) is 9.54. The fourth-order valence-corrected chi connectivity index (χ4v) is 4.29. The second-order valence-corrected chi connectivity index (χ2v) is 8.47. The third kappa shape index (κ3) is 4.33. The zero-order chi connectivity index (χ0) is 13.1. The molecule has 1 aromatic rings. The van der Waals surface area contributed by atoms with Crippen LogP contribution in [0.2, 0.25) is 0 Å². The molecule has 0 aliphatic heterocycles. The summed E-state index contributed by atoms with van der Waals surface area (Å²) in [5.74, 6) is -0.374. The van der Waals surface area contributed by atoms with Crippen LogP contribution in [0.4, 0.5) is 0 Å². The number of thioether (sulfide) groups is 1. The van der Waals surface area contributed by atoms with Gasteiger partial charge in [0.1, 0.15) is 4.88 Å². The van der Waals surface area contributed by atoms with Crippen molar-refractivity contribution in [2.45, 2.75) is 24.0 Å². The normalized spacial score (nSPS) is 11.9. The highest BCUT2D eigenvalue weighted by atomic mass is 32.2. The number of carboxylic acid groups (broad SMARTS) is 1. The van der Waals surface area contributed by atoms with Crippen molar-refractivity contribution in [2.75, 3.05) is 11.5 Å². The maximum absolute atomic E-state index is 11.5. The van der Waals surface area contributed by atoms with E-state index in [2.05, 4.69) is 0 Å². The highest BCUT2D eigenvalue weighted by Crippen LogP contribution is 2.25. The van der Waals surface area contributed by atoms with Gasteiger partial charge in [-0.05, 0) is 19.9 Å². The van der Waals surface area contributed by atoms with Gasteiger partial charge in [0, 0.05) is 16.0 Å². The van der Waals surface area contributed by atoms with Crippen LogP contribution in [0.15, 0.2) is 16.3 Å². The van der Waals surface area contributed by atoms with E-state index in [9.17, 15) is 13.2 Å². The first-order chi connectivity index (χ1) is 7.83. The predicted octanol–water partition coefficient (Wildman–Crippen LogP) is 2.36. The van der Waals surface area contributed by atoms with Crippen LogP contribution in [0, 0.1) is 0 Å². The van der Waals surface area contributed by atoms with Crippen molar-refractivity contribution in [3.63, 3.8) is 0 Å². The van der Waals surface area contributed by atoms with E-state index in [1.54, 1.807) is 25.3 Å². The first-order valence-electron chi connectivity index (χ1n) is 4.99. The van der Waals surface area contributed by atoms with Crippen LogP contribution < -0.4 is 0 Å². The van der Waals surface area contributed by atoms with E-state index in [4.69, 9.17) is 5.11 Å². The second-order valence-electron chi connectivity index (χ2n) is 3.72. The number of carboxylic acids is 1. The Kier molecular flexibility index (Phi) is 5.03. The van der Waals surface area contributed by atoms with E-state index >= 15 is 0 Å². The summed E-state index contributed by atoms with van der Waals surface area (Å²) in [7, 11) is -3.01. The minimum absolute atomic E-state index is 0.119. The lowest BCUT2D eigenvalue weighted by molar-refractivity contribution is 0.0702. The summed E-state index contributed by atoms with van der Waals surface area (Å²) in [5, 5.41) is 10.1. The molecule has 17 heavy (non-hydrogen) atoms. The summed E-state index contributed by atoms with van der Waals surface area (Å²) in [4.78, 5) is 11.7. The molecular weight excluding hydrogens is 280 g/mol. The molecule has 0 aliphatic carbocycles. The molecule has 0 radical (unpaired) electrons. The van der Waals surface area contributed by atoms with Crippen molar-refractivity contribution in [3.05, 3.63) is 16.3 Å². The van der Waals surface area contributed by atoms with Crippen LogP contribution in [-0.2, 0) is 9.84 Å². The van der Waals surface area contributed by atoms with Crippen molar-refractivity contribution in [3.8, 4) is 0 Å². The maximum atomic E-state index is 11.5. The number of rotatable bonds is 6. The van der Waals surface area contributed by atoms with E-state index < -0.39 is 15.8 Å². The Morgan fingerprint density at radius 3 is 2.65 bits per heavy atom. The van der Waals surface area contributed by atoms with Gasteiger partial charge in [0.05, 0.1) is 11.0 Å². The van der Waals surface area contributed by atoms with E-state index in [1.807, 2.05) is 0 Å². The van der Waals surface area contributed by atoms with Crippen LogP contribution in [0.25, 0.3) is 0 Å². The second kappa shape index (κ2) is 5.88. The summed E-state index contributed by atoms with van der Waals surface area (Å²) >= 11 is 2.52. The van der Waals surface area contributed by atoms with Crippen molar-refractivity contribution >= 4 is 38.9 Å². The molecule has 1 rings (SSSR count). The van der Waals surface area contributed by atoms with Gasteiger partial charge in [0.25, 0.3) is 0 Å². The fourth-order valence-electron chi connectivity index (χ4n) is 1.02. The summed E-state index contributed by atoms with van der Waals surface area (Å²) in [6.07, 6.45) is 0. The molecule has 96 valence electrons. The van der Waals surface area contributed by atoms with Gasteiger partial charge in [-0.2, -0.15) is 0 Å². The summed E-state index contributed by atoms with van der Waals surface area (Å²) in [5.41, 5.74) is 0. The van der Waals surface area contributed by atoms with E-state index in [-0.39, 0.29) is 15.9 Å². The summed E-state index contributed by atoms with van der Waals surface area (Å²) in [6, 6.07) is 1.57. The highest BCUT2D eigenvalue weighted by Gasteiger charge is 2.16. The van der Waals surface area contributed by atoms with E-state index in [1.165, 1.54) is 11.8 Å². The Morgan fingerprint density at radius 1 is 1.53 bits per heavy atom. The molecule has 0 spiro atoms. The average molecular weight is 294 g/mol. The molecule has 7 heteroatoms. The molecule has 0 saturated carbocycles. The number of hydrogen-bond donors (Lipinski definition) is 1. The highest BCUT2D eigenvalue weighted by molar-refractivity contribution is 8.00. The van der Waals surface area contributed by atoms with Crippen molar-refractivity contribution in [2.24, 2.45) is 0 Å². The molecule has 0 aromatic carbocycles. The number of thiophene rings is 1. The van der Waals surface area contributed by atoms with E-state index in [0.29, 0.717) is 5.75 Å². The molecule has 1 aromatic heterocycles. The lowest BCUT2D eigenvalue weighted by Crippen LogP contribution is -2.18. The van der Waals surface area contributed by atoms with Gasteiger partial charge < -0.3 is 5.11 Å². The Bertz CT molecular complexity index is 487. The number of carbonyl (C=O) groups is 1. The fraction of sp³-hybridized carbons (Fsp3) is 0.500. The minimum atomic E-state index is -3.01. The quantitative estimate of drug-likeness (QED) is 0.815. The minimum Gasteiger partial charge on any atom is -0.477 e. The van der Waals surface area contributed by atoms with Crippen LogP contribution in [0.3, 0.4) is 0 Å². The smallest absolute Gasteiger partial charge is 0.345 e. The van der Waals surface area contributed by atoms with Gasteiger partial charge in [0.2, 0.25) is 0 Å². The van der Waals surface area contributed by atoms with Crippen LogP contribution in [0.1, 0.15) is 23.5 Å². The van der Waals surface area contributed by atoms with Crippen LogP contribution in [0.5, 0.6) is 0 Å². The van der Waals surface area contributed by atoms with Gasteiger partial charge in [-0.15, -0.1) is 23.1 Å². The monoisotopic (exact) mass is 294 g/mol. The third-order valence-electron chi connectivity index (χ3n) is 2.14. The van der Waals surface area contributed by atoms with Gasteiger partial charge in [-0.25, -0.2) is 13.2 Å². The largest absolute Gasteiger partial charge is 0.477 e. The van der Waals surface area contributed by atoms with Crippen molar-refractivity contribution in [1.29, 1.82) is 0 Å². The first-order valence-corrected chi connectivity index (χ1v) is 8.57. The molecule has 1 heterocycles. The summed E-state index contributed by atoms with van der Waals surface area (Å²) < 4.78 is 23.1. The molecule has 0 aliphatic rings. The van der Waals surface area contributed by atoms with Crippen LogP contribution in [-0.4, -0.2) is 36.2 Å². The lowest BCUT2D eigenvalue weighted by Gasteiger charge is -2.06. The molecule has 1 N–H and O–H groups in total. The Labute approximate surface area is 109 Å². The SMILES string of the molecule is CC(C)S(=O)(=O)CCSc1csc(C(=O)O)c1. The first kappa shape index (κ1) is 14.5. The Balaban J connectivity index is 2.49. The molecule has 0 unspecified atom stereocenters. The van der Waals surface area contributed by atoms with Crippen LogP contribution >= 0.6 is 23.1 Å². The Hall–Kier alpha value is -0.530. The predicted molar refractivity (Wildman–Crippen MR) is 70.9 cm³/mol. The van der Waals surface area contributed by atoms with Gasteiger partial charge in [0.15, 0.2) is 9.84 Å². The average Bonchev–Trinajstić information content (AvgIpc) is 2.66. The molecule has 0 bridgehead atoms. The molecule has 0 atom stereocenters. The van der Waals surface area contributed by atoms with Gasteiger partial charge in [-0.1, -0.05) is 0 Å². The third-order valence-corrected chi connectivity index (χ3v) is 6.65. The van der Waals surface area contributed by atoms with Crippen molar-refractivity contribution in [1.82, 2.24) is 0 Å². The Morgan fingerprint density at radius 2 is 2.18 bits per heavy atom. The number of hydrogen-bond acceptors (Lipinski definition) is 5. The zero-order valence-corrected chi connectivity index (χ0v) is 12.0. The standard InChI is InChI=1S/C10H14O4S3/c1-7(2)17(13,14)4-3-15-8-5-9(10(11)12)16-6-8/h5-7H,3-4H2,1-2H3,(H,11,12). The van der Waals surface area contributed by atoms with Gasteiger partial charge >= 0.3 is 5.97 Å². The number of sulfone groups is 1. The summed E-state index contributed by atoms with van der Waals surface area (Å²) in [6.45, 7) is 3.32. The van der Waals surface area contributed by atoms with Gasteiger partial charge in [-0.3, -0.25) is 0 Å². The lowest BCUT2D eigenvalue weighted by atomic mass is 10.5.